The highest BCUT2D eigenvalue weighted by atomic mass is 32.2. The molecule has 132 valence electrons. The van der Waals surface area contributed by atoms with Gasteiger partial charge in [0.05, 0.1) is 16.3 Å². The molecular weight excluding hydrogens is 368 g/mol. The van der Waals surface area contributed by atoms with E-state index in [1.807, 2.05) is 24.3 Å². The van der Waals surface area contributed by atoms with Crippen molar-refractivity contribution in [2.24, 2.45) is 0 Å². The summed E-state index contributed by atoms with van der Waals surface area (Å²) in [5, 5.41) is 1.65. The summed E-state index contributed by atoms with van der Waals surface area (Å²) < 4.78 is 2.74. The summed E-state index contributed by atoms with van der Waals surface area (Å²) in [6, 6.07) is 7.94. The van der Waals surface area contributed by atoms with E-state index in [0.29, 0.717) is 18.2 Å². The van der Waals surface area contributed by atoms with Crippen molar-refractivity contribution in [2.75, 3.05) is 12.3 Å². The molecule has 26 heavy (non-hydrogen) atoms. The number of hydrogen-bond donors (Lipinski definition) is 0. The number of aromatic nitrogens is 3. The van der Waals surface area contributed by atoms with Gasteiger partial charge < -0.3 is 4.90 Å². The van der Waals surface area contributed by atoms with Crippen molar-refractivity contribution >= 4 is 39.2 Å². The molecule has 6 nitrogen and oxygen atoms in total. The normalized spacial score (nSPS) is 19.2. The first-order valence-corrected chi connectivity index (χ1v) is 10.4. The highest BCUT2D eigenvalue weighted by molar-refractivity contribution is 7.99. The third kappa shape index (κ3) is 2.47. The number of nitrogens with zero attached hydrogens (tertiary/aromatic N) is 4. The molecule has 1 amide bonds. The second-order valence-electron chi connectivity index (χ2n) is 6.44. The van der Waals surface area contributed by atoms with Gasteiger partial charge in [0.1, 0.15) is 10.6 Å². The monoisotopic (exact) mass is 384 g/mol. The van der Waals surface area contributed by atoms with Crippen LogP contribution in [0.25, 0.3) is 10.2 Å². The Morgan fingerprint density at radius 1 is 1.23 bits per heavy atom. The number of hydrogen-bond acceptors (Lipinski definition) is 6. The molecule has 0 radical (unpaired) electrons. The van der Waals surface area contributed by atoms with Crippen molar-refractivity contribution in [1.82, 2.24) is 19.4 Å². The minimum absolute atomic E-state index is 0.0630. The molecule has 8 heteroatoms. The van der Waals surface area contributed by atoms with Crippen LogP contribution in [-0.2, 0) is 6.54 Å². The Hall–Kier alpha value is -2.19. The van der Waals surface area contributed by atoms with Crippen LogP contribution < -0.4 is 5.56 Å². The van der Waals surface area contributed by atoms with E-state index >= 15 is 0 Å². The highest BCUT2D eigenvalue weighted by Crippen LogP contribution is 2.37. The van der Waals surface area contributed by atoms with Gasteiger partial charge in [0.15, 0.2) is 5.16 Å². The van der Waals surface area contributed by atoms with Crippen LogP contribution in [0.4, 0.5) is 0 Å². The number of fused-ring (bicyclic) bond motifs is 2. The molecule has 1 unspecified atom stereocenters. The lowest BCUT2D eigenvalue weighted by Crippen LogP contribution is -2.36. The van der Waals surface area contributed by atoms with E-state index in [0.717, 1.165) is 33.8 Å². The SMILES string of the molecule is O=C(c1cnc2n(c1=O)CCS2)N1CCCC1c1nc2ccccc2s1. The van der Waals surface area contributed by atoms with Gasteiger partial charge in [-0.15, -0.1) is 11.3 Å². The first-order chi connectivity index (χ1) is 12.7. The van der Waals surface area contributed by atoms with Crippen LogP contribution in [0.5, 0.6) is 0 Å². The van der Waals surface area contributed by atoms with Gasteiger partial charge >= 0.3 is 0 Å². The number of benzene rings is 1. The predicted octanol–water partition coefficient (Wildman–Crippen LogP) is 2.94. The molecule has 4 heterocycles. The lowest BCUT2D eigenvalue weighted by molar-refractivity contribution is 0.0732. The van der Waals surface area contributed by atoms with E-state index in [1.54, 1.807) is 32.6 Å². The summed E-state index contributed by atoms with van der Waals surface area (Å²) in [5.74, 6) is 0.606. The van der Waals surface area contributed by atoms with Crippen molar-refractivity contribution in [1.29, 1.82) is 0 Å². The quantitative estimate of drug-likeness (QED) is 0.636. The van der Waals surface area contributed by atoms with Crippen molar-refractivity contribution in [3.8, 4) is 0 Å². The maximum Gasteiger partial charge on any atom is 0.267 e. The van der Waals surface area contributed by atoms with Crippen molar-refractivity contribution in [2.45, 2.75) is 30.6 Å². The molecule has 1 saturated heterocycles. The number of thiazole rings is 1. The lowest BCUT2D eigenvalue weighted by Gasteiger charge is -2.23. The minimum atomic E-state index is -0.226. The molecule has 2 aliphatic rings. The molecule has 0 N–H and O–H groups in total. The number of carbonyl (C=O) groups is 1. The van der Waals surface area contributed by atoms with E-state index in [4.69, 9.17) is 4.98 Å². The molecule has 0 aliphatic carbocycles. The zero-order valence-corrected chi connectivity index (χ0v) is 15.6. The van der Waals surface area contributed by atoms with Crippen LogP contribution in [0, 0.1) is 0 Å². The van der Waals surface area contributed by atoms with Gasteiger partial charge in [-0.2, -0.15) is 0 Å². The van der Waals surface area contributed by atoms with Crippen LogP contribution >= 0.6 is 23.1 Å². The summed E-state index contributed by atoms with van der Waals surface area (Å²) in [5.41, 5.74) is 0.910. The van der Waals surface area contributed by atoms with E-state index in [9.17, 15) is 9.59 Å². The fourth-order valence-corrected chi connectivity index (χ4v) is 5.65. The van der Waals surface area contributed by atoms with Crippen molar-refractivity contribution in [3.05, 3.63) is 51.4 Å². The molecule has 3 aromatic rings. The van der Waals surface area contributed by atoms with Crippen molar-refractivity contribution < 1.29 is 4.79 Å². The van der Waals surface area contributed by atoms with Crippen LogP contribution in [0.3, 0.4) is 0 Å². The Balaban J connectivity index is 1.51. The standard InChI is InChI=1S/C18H16N4O2S2/c23-16(11-10-19-18-22(17(11)24)8-9-25-18)21-7-3-5-13(21)15-20-12-4-1-2-6-14(12)26-15/h1-2,4,6,10,13H,3,5,7-9H2. The van der Waals surface area contributed by atoms with E-state index < -0.39 is 0 Å². The smallest absolute Gasteiger partial charge is 0.267 e. The molecule has 2 aromatic heterocycles. The largest absolute Gasteiger partial charge is 0.329 e. The average molecular weight is 384 g/mol. The van der Waals surface area contributed by atoms with Gasteiger partial charge in [-0.1, -0.05) is 23.9 Å². The molecule has 0 bridgehead atoms. The Kier molecular flexibility index (Phi) is 3.82. The predicted molar refractivity (Wildman–Crippen MR) is 102 cm³/mol. The summed E-state index contributed by atoms with van der Waals surface area (Å²) in [6.45, 7) is 1.27. The summed E-state index contributed by atoms with van der Waals surface area (Å²) in [7, 11) is 0. The number of para-hydroxylation sites is 1. The molecule has 1 atom stereocenters. The number of likely N-dealkylation sites (tertiary alicyclic amines) is 1. The number of amides is 1. The fraction of sp³-hybridized carbons (Fsp3) is 0.333. The first-order valence-electron chi connectivity index (χ1n) is 8.61. The summed E-state index contributed by atoms with van der Waals surface area (Å²) in [6.07, 6.45) is 3.24. The van der Waals surface area contributed by atoms with Crippen LogP contribution in [0.2, 0.25) is 0 Å². The van der Waals surface area contributed by atoms with E-state index in [1.165, 1.54) is 6.20 Å². The highest BCUT2D eigenvalue weighted by Gasteiger charge is 2.34. The Bertz CT molecular complexity index is 1040. The Morgan fingerprint density at radius 3 is 3.00 bits per heavy atom. The van der Waals surface area contributed by atoms with Gasteiger partial charge in [0.25, 0.3) is 11.5 Å². The third-order valence-corrected chi connectivity index (χ3v) is 7.00. The van der Waals surface area contributed by atoms with Crippen LogP contribution in [0.1, 0.15) is 34.2 Å². The molecule has 0 spiro atoms. The lowest BCUT2D eigenvalue weighted by atomic mass is 10.2. The second-order valence-corrected chi connectivity index (χ2v) is 8.56. The molecule has 1 fully saturated rings. The second kappa shape index (κ2) is 6.21. The van der Waals surface area contributed by atoms with Crippen LogP contribution in [-0.4, -0.2) is 37.6 Å². The van der Waals surface area contributed by atoms with Gasteiger partial charge in [0, 0.05) is 25.0 Å². The summed E-state index contributed by atoms with van der Waals surface area (Å²) >= 11 is 3.18. The Labute approximate surface area is 157 Å². The number of thioether (sulfide) groups is 1. The van der Waals surface area contributed by atoms with E-state index in [-0.39, 0.29) is 23.1 Å². The number of carbonyl (C=O) groups excluding carboxylic acids is 1. The van der Waals surface area contributed by atoms with Gasteiger partial charge in [-0.25, -0.2) is 9.97 Å². The fourth-order valence-electron chi connectivity index (χ4n) is 3.62. The van der Waals surface area contributed by atoms with E-state index in [2.05, 4.69) is 4.98 Å². The molecule has 1 aromatic carbocycles. The molecule has 0 saturated carbocycles. The number of rotatable bonds is 2. The zero-order chi connectivity index (χ0) is 17.7. The molecule has 2 aliphatic heterocycles. The first kappa shape index (κ1) is 16.0. The van der Waals surface area contributed by atoms with Gasteiger partial charge in [-0.05, 0) is 25.0 Å². The minimum Gasteiger partial charge on any atom is -0.329 e. The maximum absolute atomic E-state index is 13.1. The Morgan fingerprint density at radius 2 is 2.12 bits per heavy atom. The average Bonchev–Trinajstić information content (AvgIpc) is 3.38. The van der Waals surface area contributed by atoms with Gasteiger partial charge in [-0.3, -0.25) is 14.2 Å². The third-order valence-electron chi connectivity index (χ3n) is 4.90. The van der Waals surface area contributed by atoms with Gasteiger partial charge in [0.2, 0.25) is 0 Å². The molecule has 5 rings (SSSR count). The zero-order valence-electron chi connectivity index (χ0n) is 13.9. The van der Waals surface area contributed by atoms with Crippen LogP contribution in [0.15, 0.2) is 40.4 Å². The molecular formula is C18H16N4O2S2. The summed E-state index contributed by atoms with van der Waals surface area (Å²) in [4.78, 5) is 36.6. The maximum atomic E-state index is 13.1. The van der Waals surface area contributed by atoms with Crippen molar-refractivity contribution in [3.63, 3.8) is 0 Å². The topological polar surface area (TPSA) is 68.1 Å².